The largest absolute Gasteiger partial charge is 0.670 e. The quantitative estimate of drug-likeness (QED) is 0.400. The molecule has 0 saturated carbocycles. The molecule has 0 radical (unpaired) electrons. The van der Waals surface area contributed by atoms with Crippen LogP contribution in [-0.4, -0.2) is 0 Å². The number of nitrogens with zero attached hydrogens (tertiary/aromatic N) is 1. The second kappa shape index (κ2) is 16.2. The number of benzene rings is 1. The Bertz CT molecular complexity index is 222. The fourth-order valence-electron chi connectivity index (χ4n) is 0.590. The Kier molecular flexibility index (Phi) is 18.6. The molecule has 0 atom stereocenters. The predicted molar refractivity (Wildman–Crippen MR) is 62.7 cm³/mol. The van der Waals surface area contributed by atoms with Crippen molar-refractivity contribution in [3.63, 3.8) is 0 Å². The Morgan fingerprint density at radius 3 is 1.47 bits per heavy atom. The number of hydrogen-bond donors (Lipinski definition) is 0. The van der Waals surface area contributed by atoms with E-state index in [4.69, 9.17) is 0 Å². The average molecular weight is 357 g/mol. The third kappa shape index (κ3) is 16.5. The summed E-state index contributed by atoms with van der Waals surface area (Å²) >= 11 is -2.50. The van der Waals surface area contributed by atoms with Crippen LogP contribution in [0.15, 0.2) is 54.9 Å². The van der Waals surface area contributed by atoms with E-state index >= 15 is 0 Å². The van der Waals surface area contributed by atoms with Crippen molar-refractivity contribution in [3.05, 3.63) is 60.9 Å². The second-order valence-corrected chi connectivity index (χ2v) is 2.20. The van der Waals surface area contributed by atoms with Crippen molar-refractivity contribution < 1.29 is 26.4 Å². The zero-order valence-corrected chi connectivity index (χ0v) is 11.7. The molecule has 1 heterocycles. The van der Waals surface area contributed by atoms with Crippen LogP contribution in [0.3, 0.4) is 0 Å². The fourth-order valence-corrected chi connectivity index (χ4v) is 0.590. The van der Waals surface area contributed by atoms with Gasteiger partial charge in [-0.3, -0.25) is 0 Å². The minimum Gasteiger partial charge on any atom is -0.670 e. The van der Waals surface area contributed by atoms with Gasteiger partial charge in [0.2, 0.25) is 0 Å². The number of aromatic nitrogens is 1. The molecular weight excluding hydrogens is 347 g/mol. The number of halogens is 3. The molecule has 1 aromatic carbocycles. The van der Waals surface area contributed by atoms with Gasteiger partial charge in [0.05, 0.1) is 0 Å². The van der Waals surface area contributed by atoms with Gasteiger partial charge in [-0.2, -0.15) is 48.8 Å². The molecule has 0 bridgehead atoms. The van der Waals surface area contributed by atoms with E-state index in [1.54, 1.807) is 12.4 Å². The molecular formula is C10H10F2INTi-2. The Morgan fingerprint density at radius 1 is 0.867 bits per heavy atom. The van der Waals surface area contributed by atoms with Crippen molar-refractivity contribution >= 4 is 24.0 Å². The molecule has 1 nitrogen and oxygen atoms in total. The van der Waals surface area contributed by atoms with Gasteiger partial charge in [0.1, 0.15) is 0 Å². The van der Waals surface area contributed by atoms with E-state index in [1.165, 1.54) is 0 Å². The second-order valence-electron chi connectivity index (χ2n) is 1.98. The van der Waals surface area contributed by atoms with Gasteiger partial charge in [0.15, 0.2) is 0 Å². The van der Waals surface area contributed by atoms with Crippen molar-refractivity contribution in [1.29, 1.82) is 0 Å². The molecule has 0 aliphatic carbocycles. The molecule has 0 saturated heterocycles. The monoisotopic (exact) mass is 357 g/mol. The summed E-state index contributed by atoms with van der Waals surface area (Å²) in [5, 5.41) is 0. The van der Waals surface area contributed by atoms with Gasteiger partial charge in [-0.15, -0.1) is 24.0 Å². The van der Waals surface area contributed by atoms with E-state index in [-0.39, 0.29) is 24.0 Å². The summed E-state index contributed by atoms with van der Waals surface area (Å²) in [6.07, 6.45) is 3.50. The van der Waals surface area contributed by atoms with Crippen molar-refractivity contribution in [2.75, 3.05) is 0 Å². The molecule has 0 aliphatic heterocycles. The molecule has 0 amide bonds. The summed E-state index contributed by atoms with van der Waals surface area (Å²) in [7, 11) is 0. The SMILES string of the molecule is I.[F][Ti][F].[c-]1ccccc1.c1cc[n-]c1. The third-order valence-electron chi connectivity index (χ3n) is 1.06. The normalized spacial score (nSPS) is 6.80. The van der Waals surface area contributed by atoms with Crippen molar-refractivity contribution in [2.45, 2.75) is 0 Å². The van der Waals surface area contributed by atoms with Gasteiger partial charge in [-0.1, -0.05) is 12.1 Å². The summed E-state index contributed by atoms with van der Waals surface area (Å²) in [6, 6.07) is 16.3. The summed E-state index contributed by atoms with van der Waals surface area (Å²) in [6.45, 7) is 0. The first-order valence-electron chi connectivity index (χ1n) is 3.81. The van der Waals surface area contributed by atoms with Crippen LogP contribution in [0.5, 0.6) is 0 Å². The molecule has 0 N–H and O–H groups in total. The molecule has 0 unspecified atom stereocenters. The van der Waals surface area contributed by atoms with Crippen LogP contribution < -0.4 is 4.98 Å². The summed E-state index contributed by atoms with van der Waals surface area (Å²) in [4.78, 5) is 3.72. The molecule has 2 rings (SSSR count). The van der Waals surface area contributed by atoms with Crippen molar-refractivity contribution in [1.82, 2.24) is 4.98 Å². The maximum absolute atomic E-state index is 9.75. The first-order chi connectivity index (χ1) is 6.91. The molecule has 2 aromatic rings. The van der Waals surface area contributed by atoms with E-state index in [9.17, 15) is 6.18 Å². The van der Waals surface area contributed by atoms with Gasteiger partial charge in [-0.25, -0.2) is 0 Å². The Hall–Kier alpha value is -0.196. The van der Waals surface area contributed by atoms with E-state index < -0.39 is 20.2 Å². The zero-order valence-electron chi connectivity index (χ0n) is 7.81. The number of rotatable bonds is 0. The first kappa shape index (κ1) is 17.2. The van der Waals surface area contributed by atoms with Gasteiger partial charge >= 0.3 is 26.4 Å². The molecule has 0 fully saturated rings. The molecule has 82 valence electrons. The van der Waals surface area contributed by atoms with Crippen molar-refractivity contribution in [2.24, 2.45) is 0 Å². The van der Waals surface area contributed by atoms with Crippen LogP contribution >= 0.6 is 24.0 Å². The topological polar surface area (TPSA) is 14.1 Å². The van der Waals surface area contributed by atoms with Crippen LogP contribution in [0, 0.1) is 6.07 Å². The van der Waals surface area contributed by atoms with E-state index in [2.05, 4.69) is 11.1 Å². The standard InChI is InChI=1S/C6H5.C4H4N.2FH.HI.Ti/c1-2-4-6-5-3-1;1-2-4-5-3-1;;;;/h1-5H;1-4H;3*1H;/q2*-1;;;;+2/p-2. The van der Waals surface area contributed by atoms with Gasteiger partial charge in [0.25, 0.3) is 0 Å². The minimum absolute atomic E-state index is 0. The first-order valence-corrected chi connectivity index (χ1v) is 4.99. The fraction of sp³-hybridized carbons (Fsp3) is 0. The summed E-state index contributed by atoms with van der Waals surface area (Å²) in [5.41, 5.74) is 0. The smallest absolute Gasteiger partial charge is 0.0860 e. The van der Waals surface area contributed by atoms with Crippen LogP contribution in [0.1, 0.15) is 0 Å². The van der Waals surface area contributed by atoms with Gasteiger partial charge < -0.3 is 4.98 Å². The molecule has 0 aliphatic rings. The van der Waals surface area contributed by atoms with Gasteiger partial charge in [0, 0.05) is 0 Å². The Balaban J connectivity index is 0. The molecule has 0 spiro atoms. The Morgan fingerprint density at radius 2 is 1.33 bits per heavy atom. The predicted octanol–water partition coefficient (Wildman–Crippen LogP) is 3.59. The number of hydrogen-bond acceptors (Lipinski definition) is 0. The maximum Gasteiger partial charge on any atom is -0.0860 e. The minimum atomic E-state index is -2.50. The summed E-state index contributed by atoms with van der Waals surface area (Å²) in [5.74, 6) is 0. The maximum atomic E-state index is 9.75. The average Bonchev–Trinajstić information content (AvgIpc) is 2.80. The van der Waals surface area contributed by atoms with Crippen molar-refractivity contribution in [3.8, 4) is 0 Å². The van der Waals surface area contributed by atoms with Crippen LogP contribution in [0.4, 0.5) is 6.18 Å². The van der Waals surface area contributed by atoms with E-state index in [0.29, 0.717) is 0 Å². The van der Waals surface area contributed by atoms with E-state index in [0.717, 1.165) is 0 Å². The van der Waals surface area contributed by atoms with Crippen LogP contribution in [0.25, 0.3) is 0 Å². The van der Waals surface area contributed by atoms with Gasteiger partial charge in [-0.05, 0) is 0 Å². The van der Waals surface area contributed by atoms with E-state index in [1.807, 2.05) is 42.5 Å². The Labute approximate surface area is 116 Å². The molecule has 15 heavy (non-hydrogen) atoms. The van der Waals surface area contributed by atoms with Crippen LogP contribution in [0.2, 0.25) is 0 Å². The summed E-state index contributed by atoms with van der Waals surface area (Å²) < 4.78 is 19.5. The molecule has 5 heteroatoms. The van der Waals surface area contributed by atoms with Crippen LogP contribution in [-0.2, 0) is 20.2 Å². The molecule has 1 aromatic heterocycles. The third-order valence-corrected chi connectivity index (χ3v) is 1.06. The zero-order chi connectivity index (χ0) is 10.5.